The first-order valence-electron chi connectivity index (χ1n) is 11.0. The zero-order chi connectivity index (χ0) is 22.2. The molecule has 2 heterocycles. The monoisotopic (exact) mass is 439 g/mol. The van der Waals surface area contributed by atoms with E-state index in [1.807, 2.05) is 4.90 Å². The smallest absolute Gasteiger partial charge is 0.328 e. The molecular weight excluding hydrogens is 411 g/mol. The lowest BCUT2D eigenvalue weighted by atomic mass is 9.85. The van der Waals surface area contributed by atoms with Crippen LogP contribution < -0.4 is 22.7 Å². The molecule has 1 aromatic heterocycles. The normalized spacial score (nSPS) is 35.6. The largest absolute Gasteiger partial charge is 0.396 e. The number of nitrogens with two attached hydrogens (primary N) is 2. The topological polar surface area (TPSA) is 110 Å². The van der Waals surface area contributed by atoms with Crippen LogP contribution in [0, 0.1) is 11.8 Å². The summed E-state index contributed by atoms with van der Waals surface area (Å²) in [5.74, 6) is -4.59. The van der Waals surface area contributed by atoms with E-state index < -0.39 is 46.9 Å². The van der Waals surface area contributed by atoms with E-state index in [9.17, 15) is 18.4 Å². The van der Waals surface area contributed by atoms with Crippen molar-refractivity contribution in [2.24, 2.45) is 23.3 Å². The van der Waals surface area contributed by atoms with Gasteiger partial charge in [0.05, 0.1) is 23.3 Å². The molecule has 5 rings (SSSR count). The molecule has 5 unspecified atom stereocenters. The number of aromatic amines is 1. The standard InChI is InChI=1S/C21H28F3N5O2/c1-9-16-13(19(30)27-20(31)29(16)11-4-5-11)15(25)14(22)17(9)28-7-10-3-2-6-21(23,24)18(26)12(10)8-28/h9-12,17-18H,2-8,25-26H2,1H3,(H,27,30,31). The Bertz CT molecular complexity index is 1060. The van der Waals surface area contributed by atoms with Crippen LogP contribution in [0.3, 0.4) is 0 Å². The summed E-state index contributed by atoms with van der Waals surface area (Å²) < 4.78 is 45.9. The molecule has 0 aromatic carbocycles. The molecule has 0 amide bonds. The molecule has 1 aromatic rings. The number of fused-ring (bicyclic) bond motifs is 2. The Kier molecular flexibility index (Phi) is 4.68. The van der Waals surface area contributed by atoms with Gasteiger partial charge in [0.25, 0.3) is 11.5 Å². The summed E-state index contributed by atoms with van der Waals surface area (Å²) in [7, 11) is 0. The minimum Gasteiger partial charge on any atom is -0.396 e. The molecule has 31 heavy (non-hydrogen) atoms. The second-order valence-electron chi connectivity index (χ2n) is 9.67. The number of hydrogen-bond acceptors (Lipinski definition) is 5. The number of nitrogens with one attached hydrogen (secondary N) is 1. The molecule has 7 nitrogen and oxygen atoms in total. The van der Waals surface area contributed by atoms with Crippen LogP contribution >= 0.6 is 0 Å². The maximum absolute atomic E-state index is 15.6. The number of hydrogen-bond donors (Lipinski definition) is 3. The molecule has 2 saturated carbocycles. The van der Waals surface area contributed by atoms with Gasteiger partial charge >= 0.3 is 5.69 Å². The fourth-order valence-electron chi connectivity index (χ4n) is 6.04. The Morgan fingerprint density at radius 2 is 1.87 bits per heavy atom. The average Bonchev–Trinajstić information content (AvgIpc) is 3.46. The maximum atomic E-state index is 15.6. The maximum Gasteiger partial charge on any atom is 0.328 e. The highest BCUT2D eigenvalue weighted by Crippen LogP contribution is 2.47. The Balaban J connectivity index is 1.56. The highest BCUT2D eigenvalue weighted by molar-refractivity contribution is 5.70. The van der Waals surface area contributed by atoms with Crippen molar-refractivity contribution in [3.8, 4) is 0 Å². The van der Waals surface area contributed by atoms with Crippen molar-refractivity contribution in [1.29, 1.82) is 0 Å². The summed E-state index contributed by atoms with van der Waals surface area (Å²) in [5.41, 5.74) is 11.1. The number of likely N-dealkylation sites (tertiary alicyclic amines) is 1. The lowest BCUT2D eigenvalue weighted by Gasteiger charge is -2.38. The summed E-state index contributed by atoms with van der Waals surface area (Å²) >= 11 is 0. The zero-order valence-corrected chi connectivity index (χ0v) is 17.4. The van der Waals surface area contributed by atoms with Crippen LogP contribution in [0.25, 0.3) is 5.70 Å². The van der Waals surface area contributed by atoms with E-state index in [2.05, 4.69) is 4.98 Å². The SMILES string of the molecule is CC1c2c(c(=O)[nH]c(=O)n2C2CC2)C(N)=C(F)C1N1CC2CCCC(F)(F)C(N)C2C1. The molecule has 1 saturated heterocycles. The third-order valence-corrected chi connectivity index (χ3v) is 7.73. The quantitative estimate of drug-likeness (QED) is 0.649. The van der Waals surface area contributed by atoms with Crippen LogP contribution in [0.4, 0.5) is 13.2 Å². The molecule has 5 N–H and O–H groups in total. The predicted octanol–water partition coefficient (Wildman–Crippen LogP) is 1.65. The predicted molar refractivity (Wildman–Crippen MR) is 109 cm³/mol. The van der Waals surface area contributed by atoms with Gasteiger partial charge in [0.15, 0.2) is 0 Å². The van der Waals surface area contributed by atoms with Gasteiger partial charge in [-0.2, -0.15) is 0 Å². The van der Waals surface area contributed by atoms with Crippen LogP contribution in [-0.2, 0) is 0 Å². The van der Waals surface area contributed by atoms with E-state index >= 15 is 4.39 Å². The van der Waals surface area contributed by atoms with E-state index in [0.717, 1.165) is 12.8 Å². The van der Waals surface area contributed by atoms with Crippen LogP contribution in [-0.4, -0.2) is 45.5 Å². The van der Waals surface area contributed by atoms with E-state index in [1.54, 1.807) is 11.5 Å². The lowest BCUT2D eigenvalue weighted by molar-refractivity contribution is -0.0457. The van der Waals surface area contributed by atoms with Crippen LogP contribution in [0.15, 0.2) is 15.4 Å². The van der Waals surface area contributed by atoms with Gasteiger partial charge < -0.3 is 11.5 Å². The Morgan fingerprint density at radius 3 is 2.55 bits per heavy atom. The van der Waals surface area contributed by atoms with Crippen molar-refractivity contribution in [3.05, 3.63) is 37.9 Å². The van der Waals surface area contributed by atoms with Gasteiger partial charge in [0, 0.05) is 37.2 Å². The molecule has 3 fully saturated rings. The van der Waals surface area contributed by atoms with E-state index in [-0.39, 0.29) is 36.2 Å². The van der Waals surface area contributed by atoms with Crippen molar-refractivity contribution in [2.45, 2.75) is 69.0 Å². The highest BCUT2D eigenvalue weighted by atomic mass is 19.3. The number of halogens is 3. The second kappa shape index (κ2) is 6.96. The first-order chi connectivity index (χ1) is 14.6. The van der Waals surface area contributed by atoms with Crippen LogP contribution in [0.1, 0.15) is 62.2 Å². The second-order valence-corrected chi connectivity index (χ2v) is 9.67. The summed E-state index contributed by atoms with van der Waals surface area (Å²) in [6, 6.07) is -2.12. The van der Waals surface area contributed by atoms with Crippen LogP contribution in [0.5, 0.6) is 0 Å². The van der Waals surface area contributed by atoms with Gasteiger partial charge in [-0.05, 0) is 37.5 Å². The molecule has 5 atom stereocenters. The minimum atomic E-state index is -2.94. The summed E-state index contributed by atoms with van der Waals surface area (Å²) in [4.78, 5) is 29.2. The summed E-state index contributed by atoms with van der Waals surface area (Å²) in [6.07, 6.45) is 2.40. The number of rotatable bonds is 2. The Morgan fingerprint density at radius 1 is 1.16 bits per heavy atom. The molecule has 1 aliphatic heterocycles. The molecule has 4 aliphatic rings. The van der Waals surface area contributed by atoms with Crippen molar-refractivity contribution < 1.29 is 13.2 Å². The molecule has 0 radical (unpaired) electrons. The first kappa shape index (κ1) is 20.8. The van der Waals surface area contributed by atoms with Gasteiger partial charge in [0.2, 0.25) is 0 Å². The molecule has 170 valence electrons. The fourth-order valence-corrected chi connectivity index (χ4v) is 6.04. The molecule has 10 heteroatoms. The van der Waals surface area contributed by atoms with E-state index in [0.29, 0.717) is 25.1 Å². The summed E-state index contributed by atoms with van der Waals surface area (Å²) in [6.45, 7) is 2.45. The number of H-pyrrole nitrogens is 1. The minimum absolute atomic E-state index is 0.0180. The Hall–Kier alpha value is -2.07. The van der Waals surface area contributed by atoms with E-state index in [1.165, 1.54) is 0 Å². The number of nitrogens with zero attached hydrogens (tertiary/aromatic N) is 2. The molecular formula is C21H28F3N5O2. The van der Waals surface area contributed by atoms with Gasteiger partial charge in [-0.25, -0.2) is 18.0 Å². The summed E-state index contributed by atoms with van der Waals surface area (Å²) in [5, 5.41) is 0. The van der Waals surface area contributed by atoms with Crippen molar-refractivity contribution in [3.63, 3.8) is 0 Å². The Labute approximate surface area is 177 Å². The number of aromatic nitrogens is 2. The van der Waals surface area contributed by atoms with Crippen molar-refractivity contribution >= 4 is 5.70 Å². The van der Waals surface area contributed by atoms with Gasteiger partial charge in [0.1, 0.15) is 5.83 Å². The first-order valence-corrected chi connectivity index (χ1v) is 11.0. The van der Waals surface area contributed by atoms with Crippen molar-refractivity contribution in [2.75, 3.05) is 13.1 Å². The van der Waals surface area contributed by atoms with E-state index in [4.69, 9.17) is 11.5 Å². The highest BCUT2D eigenvalue weighted by Gasteiger charge is 2.52. The number of alkyl halides is 2. The van der Waals surface area contributed by atoms with Crippen molar-refractivity contribution in [1.82, 2.24) is 14.5 Å². The van der Waals surface area contributed by atoms with Crippen LogP contribution in [0.2, 0.25) is 0 Å². The zero-order valence-electron chi connectivity index (χ0n) is 17.4. The third kappa shape index (κ3) is 3.09. The van der Waals surface area contributed by atoms with Gasteiger partial charge in [-0.1, -0.05) is 6.92 Å². The fraction of sp³-hybridized carbons (Fsp3) is 0.714. The molecule has 0 spiro atoms. The average molecular weight is 439 g/mol. The van der Waals surface area contributed by atoms with Gasteiger partial charge in [-0.3, -0.25) is 19.2 Å². The molecule has 0 bridgehead atoms. The molecule has 3 aliphatic carbocycles. The lowest BCUT2D eigenvalue weighted by Crippen LogP contribution is -2.49. The third-order valence-electron chi connectivity index (χ3n) is 7.73. The van der Waals surface area contributed by atoms with Gasteiger partial charge in [-0.15, -0.1) is 0 Å².